The van der Waals surface area contributed by atoms with E-state index in [9.17, 15) is 13.2 Å². The van der Waals surface area contributed by atoms with E-state index in [0.717, 1.165) is 30.5 Å². The van der Waals surface area contributed by atoms with Crippen molar-refractivity contribution in [3.8, 4) is 5.88 Å². The molecule has 8 nitrogen and oxygen atoms in total. The topological polar surface area (TPSA) is 101 Å². The van der Waals surface area contributed by atoms with Crippen LogP contribution in [-0.4, -0.2) is 43.0 Å². The average molecular weight is 533 g/mol. The number of anilines is 3. The standard InChI is InChI=1S/C24H22Cl2N4O4S/c1-35(32,33)12-14-5-6-16-10-17(8-7-15(16)9-14)28-24-27-11-18-22(29-24)34-13-30(23(18)31)21-19(25)3-2-4-20(21)26/h2-4,7-8,10-11,14H,5-6,9,12-13H2,1H3,(H,27,28,29). The molecule has 1 aliphatic carbocycles. The lowest BCUT2D eigenvalue weighted by molar-refractivity contribution is 0.0932. The zero-order valence-electron chi connectivity index (χ0n) is 18.8. The van der Waals surface area contributed by atoms with Gasteiger partial charge in [0, 0.05) is 18.1 Å². The molecule has 3 aromatic rings. The Morgan fingerprint density at radius 1 is 1.17 bits per heavy atom. The van der Waals surface area contributed by atoms with Crippen molar-refractivity contribution in [1.29, 1.82) is 0 Å². The summed E-state index contributed by atoms with van der Waals surface area (Å²) in [5, 5.41) is 3.84. The summed E-state index contributed by atoms with van der Waals surface area (Å²) in [6.07, 6.45) is 5.10. The summed E-state index contributed by atoms with van der Waals surface area (Å²) < 4.78 is 29.0. The van der Waals surface area contributed by atoms with Crippen LogP contribution in [-0.2, 0) is 22.7 Å². The quantitative estimate of drug-likeness (QED) is 0.509. The van der Waals surface area contributed by atoms with Gasteiger partial charge in [-0.25, -0.2) is 13.4 Å². The van der Waals surface area contributed by atoms with E-state index in [4.69, 9.17) is 27.9 Å². The monoisotopic (exact) mass is 532 g/mol. The molecule has 1 atom stereocenters. The number of para-hydroxylation sites is 1. The summed E-state index contributed by atoms with van der Waals surface area (Å²) in [5.41, 5.74) is 3.73. The fourth-order valence-electron chi connectivity index (χ4n) is 4.53. The van der Waals surface area contributed by atoms with Crippen molar-refractivity contribution in [2.24, 2.45) is 5.92 Å². The average Bonchev–Trinajstić information content (AvgIpc) is 2.79. The number of aromatic nitrogens is 2. The first kappa shape index (κ1) is 23.8. The highest BCUT2D eigenvalue weighted by molar-refractivity contribution is 7.90. The maximum absolute atomic E-state index is 13.1. The van der Waals surface area contributed by atoms with Crippen LogP contribution in [0.4, 0.5) is 17.3 Å². The molecule has 5 rings (SSSR count). The van der Waals surface area contributed by atoms with Crippen LogP contribution in [0.3, 0.4) is 0 Å². The Kier molecular flexibility index (Phi) is 6.33. The van der Waals surface area contributed by atoms with Crippen LogP contribution in [0.2, 0.25) is 10.0 Å². The number of nitrogens with one attached hydrogen (secondary N) is 1. The molecule has 0 saturated heterocycles. The molecule has 1 amide bonds. The molecule has 0 bridgehead atoms. The van der Waals surface area contributed by atoms with Gasteiger partial charge >= 0.3 is 0 Å². The van der Waals surface area contributed by atoms with Crippen molar-refractivity contribution in [2.75, 3.05) is 29.0 Å². The fraction of sp³-hybridized carbons (Fsp3) is 0.292. The van der Waals surface area contributed by atoms with Crippen LogP contribution in [0.25, 0.3) is 0 Å². The summed E-state index contributed by atoms with van der Waals surface area (Å²) in [5.74, 6) is 0.481. The lowest BCUT2D eigenvalue weighted by atomic mass is 9.85. The normalized spacial score (nSPS) is 17.4. The number of hydrogen-bond donors (Lipinski definition) is 1. The van der Waals surface area contributed by atoms with Gasteiger partial charge in [-0.3, -0.25) is 9.69 Å². The van der Waals surface area contributed by atoms with E-state index in [1.807, 2.05) is 18.2 Å². The Morgan fingerprint density at radius 2 is 1.94 bits per heavy atom. The second-order valence-corrected chi connectivity index (χ2v) is 11.8. The molecule has 2 aromatic carbocycles. The molecule has 1 aromatic heterocycles. The highest BCUT2D eigenvalue weighted by Crippen LogP contribution is 2.37. The largest absolute Gasteiger partial charge is 0.455 e. The number of sulfone groups is 1. The predicted octanol–water partition coefficient (Wildman–Crippen LogP) is 4.67. The molecule has 11 heteroatoms. The maximum atomic E-state index is 13.1. The molecule has 0 saturated carbocycles. The van der Waals surface area contributed by atoms with Crippen molar-refractivity contribution in [2.45, 2.75) is 19.3 Å². The van der Waals surface area contributed by atoms with Crippen LogP contribution < -0.4 is 15.0 Å². The Bertz CT molecular complexity index is 1410. The third-order valence-corrected chi connectivity index (χ3v) is 7.79. The Labute approximate surface area is 213 Å². The van der Waals surface area contributed by atoms with Crippen LogP contribution in [0.5, 0.6) is 5.88 Å². The Hall–Kier alpha value is -2.88. The summed E-state index contributed by atoms with van der Waals surface area (Å²) >= 11 is 12.5. The zero-order valence-corrected chi connectivity index (χ0v) is 21.1. The highest BCUT2D eigenvalue weighted by Gasteiger charge is 2.31. The van der Waals surface area contributed by atoms with Crippen molar-refractivity contribution in [3.05, 3.63) is 69.3 Å². The maximum Gasteiger partial charge on any atom is 0.268 e. The van der Waals surface area contributed by atoms with E-state index >= 15 is 0 Å². The molecule has 0 fully saturated rings. The van der Waals surface area contributed by atoms with Gasteiger partial charge in [-0.2, -0.15) is 4.98 Å². The number of benzene rings is 2. The number of nitrogens with zero attached hydrogens (tertiary/aromatic N) is 3. The van der Waals surface area contributed by atoms with E-state index in [2.05, 4.69) is 15.3 Å². The van der Waals surface area contributed by atoms with E-state index < -0.39 is 9.84 Å². The van der Waals surface area contributed by atoms with Gasteiger partial charge in [-0.15, -0.1) is 0 Å². The van der Waals surface area contributed by atoms with Crippen LogP contribution in [0, 0.1) is 5.92 Å². The molecule has 35 heavy (non-hydrogen) atoms. The third kappa shape index (κ3) is 5.07. The zero-order chi connectivity index (χ0) is 24.7. The number of hydrogen-bond acceptors (Lipinski definition) is 7. The molecule has 1 N–H and O–H groups in total. The van der Waals surface area contributed by atoms with Gasteiger partial charge in [0.1, 0.15) is 15.4 Å². The Morgan fingerprint density at radius 3 is 2.69 bits per heavy atom. The third-order valence-electron chi connectivity index (χ3n) is 6.10. The molecule has 2 heterocycles. The van der Waals surface area contributed by atoms with E-state index in [-0.39, 0.29) is 35.8 Å². The van der Waals surface area contributed by atoms with Crippen LogP contribution >= 0.6 is 23.2 Å². The van der Waals surface area contributed by atoms with E-state index in [0.29, 0.717) is 21.7 Å². The molecular weight excluding hydrogens is 511 g/mol. The van der Waals surface area contributed by atoms with E-state index in [1.54, 1.807) is 18.2 Å². The van der Waals surface area contributed by atoms with E-state index in [1.165, 1.54) is 22.9 Å². The van der Waals surface area contributed by atoms with Gasteiger partial charge in [-0.05, 0) is 60.6 Å². The molecule has 2 aliphatic rings. The summed E-state index contributed by atoms with van der Waals surface area (Å²) in [7, 11) is -2.99. The minimum atomic E-state index is -2.99. The minimum absolute atomic E-state index is 0.0841. The molecule has 0 spiro atoms. The summed E-state index contributed by atoms with van der Waals surface area (Å²) in [6, 6.07) is 11.0. The molecular formula is C24H22Cl2N4O4S. The molecule has 1 aliphatic heterocycles. The van der Waals surface area contributed by atoms with Gasteiger partial charge < -0.3 is 10.1 Å². The number of rotatable bonds is 5. The molecule has 182 valence electrons. The van der Waals surface area contributed by atoms with Crippen LogP contribution in [0.1, 0.15) is 27.9 Å². The number of carbonyl (C=O) groups excluding carboxylic acids is 1. The van der Waals surface area contributed by atoms with Crippen molar-refractivity contribution in [3.63, 3.8) is 0 Å². The number of aryl methyl sites for hydroxylation is 1. The molecule has 0 radical (unpaired) electrons. The van der Waals surface area contributed by atoms with Gasteiger partial charge in [-0.1, -0.05) is 35.3 Å². The first-order chi connectivity index (χ1) is 16.7. The number of fused-ring (bicyclic) bond motifs is 2. The molecule has 1 unspecified atom stereocenters. The first-order valence-electron chi connectivity index (χ1n) is 11.0. The second-order valence-electron chi connectivity index (χ2n) is 8.80. The fourth-order valence-corrected chi connectivity index (χ4v) is 6.28. The lowest BCUT2D eigenvalue weighted by Crippen LogP contribution is -2.39. The number of carbonyl (C=O) groups is 1. The lowest BCUT2D eigenvalue weighted by Gasteiger charge is -2.29. The number of amides is 1. The second kappa shape index (κ2) is 9.29. The summed E-state index contributed by atoms with van der Waals surface area (Å²) in [6.45, 7) is -0.0841. The van der Waals surface area contributed by atoms with Crippen molar-refractivity contribution < 1.29 is 17.9 Å². The van der Waals surface area contributed by atoms with Gasteiger partial charge in [0.05, 0.1) is 21.5 Å². The summed E-state index contributed by atoms with van der Waals surface area (Å²) in [4.78, 5) is 23.1. The van der Waals surface area contributed by atoms with Gasteiger partial charge in [0.25, 0.3) is 5.91 Å². The first-order valence-corrected chi connectivity index (χ1v) is 13.8. The smallest absolute Gasteiger partial charge is 0.268 e. The van der Waals surface area contributed by atoms with Crippen molar-refractivity contribution >= 4 is 56.3 Å². The minimum Gasteiger partial charge on any atom is -0.455 e. The van der Waals surface area contributed by atoms with Gasteiger partial charge in [0.2, 0.25) is 11.8 Å². The number of halogens is 2. The van der Waals surface area contributed by atoms with Crippen molar-refractivity contribution in [1.82, 2.24) is 9.97 Å². The number of ether oxygens (including phenoxy) is 1. The SMILES string of the molecule is CS(=O)(=O)CC1CCc2cc(Nc3ncc4c(n3)OCN(c3c(Cl)cccc3Cl)C4=O)ccc2C1. The predicted molar refractivity (Wildman–Crippen MR) is 136 cm³/mol. The van der Waals surface area contributed by atoms with Crippen LogP contribution in [0.15, 0.2) is 42.6 Å². The van der Waals surface area contributed by atoms with Gasteiger partial charge in [0.15, 0.2) is 6.73 Å². The Balaban J connectivity index is 1.32. The highest BCUT2D eigenvalue weighted by atomic mass is 35.5.